The molecule has 0 saturated heterocycles. The molecule has 0 saturated carbocycles. The van der Waals surface area contributed by atoms with Crippen LogP contribution in [0.4, 0.5) is 0 Å². The third-order valence-electron chi connectivity index (χ3n) is 3.95. The van der Waals surface area contributed by atoms with Gasteiger partial charge >= 0.3 is 0 Å². The maximum Gasteiger partial charge on any atom is 0.136 e. The van der Waals surface area contributed by atoms with E-state index in [1.165, 1.54) is 41.5 Å². The summed E-state index contributed by atoms with van der Waals surface area (Å²) in [6.07, 6.45) is 5.74. The van der Waals surface area contributed by atoms with Crippen LogP contribution >= 0.6 is 15.9 Å². The van der Waals surface area contributed by atoms with Crippen LogP contribution in [0.2, 0.25) is 0 Å². The Kier molecular flexibility index (Phi) is 4.26. The summed E-state index contributed by atoms with van der Waals surface area (Å²) in [6, 6.07) is 0. The number of nitrogens with two attached hydrogens (primary N) is 1. The van der Waals surface area contributed by atoms with Gasteiger partial charge in [-0.2, -0.15) is 0 Å². The summed E-state index contributed by atoms with van der Waals surface area (Å²) in [6.45, 7) is 6.36. The maximum absolute atomic E-state index is 6.22. The quantitative estimate of drug-likeness (QED) is 0.913. The number of hydrogen-bond donors (Lipinski definition) is 1. The Bertz CT molecular complexity index is 489. The van der Waals surface area contributed by atoms with Crippen molar-refractivity contribution in [2.45, 2.75) is 58.4 Å². The molecule has 0 spiro atoms. The molecule has 0 fully saturated rings. The van der Waals surface area contributed by atoms with Gasteiger partial charge < -0.3 is 10.5 Å². The lowest BCUT2D eigenvalue weighted by molar-refractivity contribution is 0.397. The van der Waals surface area contributed by atoms with E-state index in [2.05, 4.69) is 36.7 Å². The van der Waals surface area contributed by atoms with Gasteiger partial charge in [-0.3, -0.25) is 0 Å². The average Bonchev–Trinajstić information content (AvgIpc) is 2.35. The fourth-order valence-corrected chi connectivity index (χ4v) is 3.90. The number of rotatable bonds is 3. The van der Waals surface area contributed by atoms with Crippen molar-refractivity contribution in [3.05, 3.63) is 26.7 Å². The van der Waals surface area contributed by atoms with Gasteiger partial charge in [0.25, 0.3) is 0 Å². The number of methoxy groups -OCH3 is 1. The van der Waals surface area contributed by atoms with Crippen LogP contribution < -0.4 is 10.5 Å². The summed E-state index contributed by atoms with van der Waals surface area (Å²) >= 11 is 3.75. The van der Waals surface area contributed by atoms with Gasteiger partial charge in [0.1, 0.15) is 5.75 Å². The zero-order valence-corrected chi connectivity index (χ0v) is 14.0. The Morgan fingerprint density at radius 2 is 1.79 bits per heavy atom. The standard InChI is InChI=1S/C16H24BrNO/c1-10-11-7-5-6-8-12(11)14(17)15(19-4)13(10)9-16(2,3)18/h5-9,18H2,1-4H3. The van der Waals surface area contributed by atoms with Crippen molar-refractivity contribution >= 4 is 15.9 Å². The van der Waals surface area contributed by atoms with Crippen molar-refractivity contribution in [2.75, 3.05) is 7.11 Å². The molecule has 2 rings (SSSR count). The molecule has 0 aliphatic heterocycles. The number of fused-ring (bicyclic) bond motifs is 1. The molecule has 2 nitrogen and oxygen atoms in total. The summed E-state index contributed by atoms with van der Waals surface area (Å²) in [5.74, 6) is 0.983. The summed E-state index contributed by atoms with van der Waals surface area (Å²) in [5.41, 5.74) is 11.6. The Morgan fingerprint density at radius 3 is 2.32 bits per heavy atom. The molecule has 106 valence electrons. The molecule has 1 aliphatic carbocycles. The zero-order valence-electron chi connectivity index (χ0n) is 12.4. The molecule has 2 N–H and O–H groups in total. The molecule has 0 heterocycles. The minimum Gasteiger partial charge on any atom is -0.495 e. The van der Waals surface area contributed by atoms with Crippen molar-refractivity contribution < 1.29 is 4.74 Å². The predicted octanol–water partition coefficient (Wildman–Crippen LogP) is 3.92. The summed E-state index contributed by atoms with van der Waals surface area (Å²) < 4.78 is 6.81. The molecule has 0 bridgehead atoms. The van der Waals surface area contributed by atoms with E-state index in [4.69, 9.17) is 10.5 Å². The van der Waals surface area contributed by atoms with Crippen LogP contribution in [0.3, 0.4) is 0 Å². The second-order valence-electron chi connectivity index (χ2n) is 6.28. The molecule has 19 heavy (non-hydrogen) atoms. The minimum absolute atomic E-state index is 0.222. The second kappa shape index (κ2) is 5.45. The van der Waals surface area contributed by atoms with Gasteiger partial charge in [-0.1, -0.05) is 0 Å². The van der Waals surface area contributed by atoms with Crippen LogP contribution in [0.25, 0.3) is 0 Å². The van der Waals surface area contributed by atoms with Gasteiger partial charge in [0.05, 0.1) is 11.6 Å². The van der Waals surface area contributed by atoms with E-state index in [9.17, 15) is 0 Å². The lowest BCUT2D eigenvalue weighted by Gasteiger charge is -2.28. The molecule has 0 amide bonds. The Hall–Kier alpha value is -0.540. The SMILES string of the molecule is COc1c(Br)c2c(c(C)c1CC(C)(C)N)CCCC2. The first-order valence-corrected chi connectivity index (χ1v) is 7.80. The summed E-state index contributed by atoms with van der Waals surface area (Å²) in [7, 11) is 1.75. The van der Waals surface area contributed by atoms with E-state index in [0.717, 1.165) is 23.1 Å². The summed E-state index contributed by atoms with van der Waals surface area (Å²) in [5, 5.41) is 0. The van der Waals surface area contributed by atoms with Crippen molar-refractivity contribution in [2.24, 2.45) is 5.73 Å². The van der Waals surface area contributed by atoms with Gasteiger partial charge in [0, 0.05) is 11.1 Å². The molecule has 0 radical (unpaired) electrons. The minimum atomic E-state index is -0.222. The van der Waals surface area contributed by atoms with E-state index < -0.39 is 0 Å². The van der Waals surface area contributed by atoms with E-state index in [-0.39, 0.29) is 5.54 Å². The van der Waals surface area contributed by atoms with Crippen LogP contribution in [-0.4, -0.2) is 12.6 Å². The fourth-order valence-electron chi connectivity index (χ4n) is 3.06. The van der Waals surface area contributed by atoms with Crippen LogP contribution in [0.5, 0.6) is 5.75 Å². The zero-order chi connectivity index (χ0) is 14.2. The maximum atomic E-state index is 6.22. The van der Waals surface area contributed by atoms with Crippen molar-refractivity contribution in [1.29, 1.82) is 0 Å². The smallest absolute Gasteiger partial charge is 0.136 e. The highest BCUT2D eigenvalue weighted by atomic mass is 79.9. The monoisotopic (exact) mass is 325 g/mol. The highest BCUT2D eigenvalue weighted by Gasteiger charge is 2.25. The highest BCUT2D eigenvalue weighted by Crippen LogP contribution is 2.42. The second-order valence-corrected chi connectivity index (χ2v) is 7.07. The van der Waals surface area contributed by atoms with Crippen molar-refractivity contribution in [3.8, 4) is 5.75 Å². The van der Waals surface area contributed by atoms with E-state index in [1.54, 1.807) is 7.11 Å². The molecule has 0 aromatic heterocycles. The normalized spacial score (nSPS) is 15.3. The molecule has 0 atom stereocenters. The number of halogens is 1. The van der Waals surface area contributed by atoms with Crippen molar-refractivity contribution in [1.82, 2.24) is 0 Å². The van der Waals surface area contributed by atoms with E-state index in [0.29, 0.717) is 0 Å². The lowest BCUT2D eigenvalue weighted by Crippen LogP contribution is -2.35. The fraction of sp³-hybridized carbons (Fsp3) is 0.625. The molecular formula is C16H24BrNO. The molecule has 3 heteroatoms. The number of ether oxygens (including phenoxy) is 1. The van der Waals surface area contributed by atoms with E-state index in [1.807, 2.05) is 0 Å². The topological polar surface area (TPSA) is 35.2 Å². The average molecular weight is 326 g/mol. The Balaban J connectivity index is 2.61. The van der Waals surface area contributed by atoms with Gasteiger partial charge in [-0.25, -0.2) is 0 Å². The van der Waals surface area contributed by atoms with Gasteiger partial charge in [-0.05, 0) is 85.5 Å². The molecule has 1 aromatic rings. The lowest BCUT2D eigenvalue weighted by atomic mass is 9.83. The number of hydrogen-bond acceptors (Lipinski definition) is 2. The first-order chi connectivity index (χ1) is 8.85. The van der Waals surface area contributed by atoms with Gasteiger partial charge in [-0.15, -0.1) is 0 Å². The van der Waals surface area contributed by atoms with Crippen LogP contribution in [0, 0.1) is 6.92 Å². The predicted molar refractivity (Wildman–Crippen MR) is 84.0 cm³/mol. The first-order valence-electron chi connectivity index (χ1n) is 7.00. The third kappa shape index (κ3) is 2.97. The Labute approximate surface area is 124 Å². The van der Waals surface area contributed by atoms with Crippen LogP contribution in [0.1, 0.15) is 48.9 Å². The van der Waals surface area contributed by atoms with Gasteiger partial charge in [0.2, 0.25) is 0 Å². The molecule has 0 unspecified atom stereocenters. The van der Waals surface area contributed by atoms with Crippen molar-refractivity contribution in [3.63, 3.8) is 0 Å². The molecular weight excluding hydrogens is 302 g/mol. The summed E-state index contributed by atoms with van der Waals surface area (Å²) in [4.78, 5) is 0. The van der Waals surface area contributed by atoms with Crippen LogP contribution in [0.15, 0.2) is 4.47 Å². The third-order valence-corrected chi connectivity index (χ3v) is 4.79. The molecule has 1 aromatic carbocycles. The van der Waals surface area contributed by atoms with Crippen LogP contribution in [-0.2, 0) is 19.3 Å². The molecule has 1 aliphatic rings. The Morgan fingerprint density at radius 1 is 1.21 bits per heavy atom. The highest BCUT2D eigenvalue weighted by molar-refractivity contribution is 9.10. The first kappa shape index (κ1) is 14.9. The largest absolute Gasteiger partial charge is 0.495 e. The van der Waals surface area contributed by atoms with E-state index >= 15 is 0 Å². The van der Waals surface area contributed by atoms with Gasteiger partial charge in [0.15, 0.2) is 0 Å². The number of benzene rings is 1.